The molecule has 0 bridgehead atoms. The summed E-state index contributed by atoms with van der Waals surface area (Å²) in [5.41, 5.74) is 4.67. The van der Waals surface area contributed by atoms with Crippen molar-refractivity contribution in [1.29, 1.82) is 0 Å². The fraction of sp³-hybridized carbons (Fsp3) is 0.235. The van der Waals surface area contributed by atoms with Crippen LogP contribution in [0.5, 0.6) is 11.5 Å². The van der Waals surface area contributed by atoms with E-state index in [1.165, 1.54) is 0 Å². The Kier molecular flexibility index (Phi) is 7.45. The minimum absolute atomic E-state index is 0.445. The fourth-order valence-corrected chi connectivity index (χ4v) is 3.36. The zero-order chi connectivity index (χ0) is 17.5. The van der Waals surface area contributed by atoms with Crippen LogP contribution in [0.15, 0.2) is 35.4 Å². The third-order valence-electron chi connectivity index (χ3n) is 3.16. The summed E-state index contributed by atoms with van der Waals surface area (Å²) in [6.45, 7) is 2.97. The molecule has 0 radical (unpaired) electrons. The molecule has 0 unspecified atom stereocenters. The molecule has 0 saturated heterocycles. The summed E-state index contributed by atoms with van der Waals surface area (Å²) in [5.74, 6) is 1.42. The van der Waals surface area contributed by atoms with Crippen LogP contribution in [0.4, 0.5) is 0 Å². The molecule has 0 saturated carbocycles. The molecule has 0 aliphatic carbocycles. The normalized spacial score (nSPS) is 10.9. The van der Waals surface area contributed by atoms with E-state index in [-0.39, 0.29) is 0 Å². The van der Waals surface area contributed by atoms with E-state index in [2.05, 4.69) is 33.1 Å². The van der Waals surface area contributed by atoms with Gasteiger partial charge in [0.25, 0.3) is 0 Å². The van der Waals surface area contributed by atoms with Gasteiger partial charge in [0, 0.05) is 15.6 Å². The first-order valence-electron chi connectivity index (χ1n) is 7.26. The fourth-order valence-electron chi connectivity index (χ4n) is 2.04. The zero-order valence-corrected chi connectivity index (χ0v) is 16.9. The molecular weight excluding hydrogens is 462 g/mol. The van der Waals surface area contributed by atoms with E-state index < -0.39 is 0 Å². The van der Waals surface area contributed by atoms with Crippen LogP contribution in [0.1, 0.15) is 18.1 Å². The molecule has 2 aromatic carbocycles. The van der Waals surface area contributed by atoms with Crippen molar-refractivity contribution < 1.29 is 9.47 Å². The predicted molar refractivity (Wildman–Crippen MR) is 108 cm³/mol. The van der Waals surface area contributed by atoms with Gasteiger partial charge in [-0.1, -0.05) is 29.3 Å². The molecule has 24 heavy (non-hydrogen) atoms. The Balaban J connectivity index is 2.08. The van der Waals surface area contributed by atoms with Gasteiger partial charge in [0.1, 0.15) is 0 Å². The van der Waals surface area contributed by atoms with Crippen molar-refractivity contribution in [3.63, 3.8) is 0 Å². The average molecular weight is 479 g/mol. The molecule has 0 aliphatic heterocycles. The lowest BCUT2D eigenvalue weighted by Gasteiger charge is -2.12. The molecular formula is C17H17Cl2IN2O2. The van der Waals surface area contributed by atoms with Crippen molar-refractivity contribution in [3.05, 3.63) is 55.1 Å². The van der Waals surface area contributed by atoms with E-state index in [1.807, 2.05) is 25.1 Å². The van der Waals surface area contributed by atoms with Crippen LogP contribution >= 0.6 is 45.8 Å². The van der Waals surface area contributed by atoms with Crippen molar-refractivity contribution in [2.75, 3.05) is 13.7 Å². The molecule has 4 nitrogen and oxygen atoms in total. The quantitative estimate of drug-likeness (QED) is 0.341. The van der Waals surface area contributed by atoms with Gasteiger partial charge < -0.3 is 14.9 Å². The highest BCUT2D eigenvalue weighted by atomic mass is 127. The van der Waals surface area contributed by atoms with Gasteiger partial charge in [-0.05, 0) is 59.3 Å². The topological polar surface area (TPSA) is 42.8 Å². The van der Waals surface area contributed by atoms with Gasteiger partial charge in [0.2, 0.25) is 0 Å². The van der Waals surface area contributed by atoms with Crippen LogP contribution < -0.4 is 14.9 Å². The van der Waals surface area contributed by atoms with Crippen molar-refractivity contribution in [2.24, 2.45) is 5.10 Å². The number of nitrogens with one attached hydrogen (secondary N) is 1. The van der Waals surface area contributed by atoms with E-state index in [4.69, 9.17) is 32.7 Å². The number of rotatable bonds is 7. The van der Waals surface area contributed by atoms with Crippen LogP contribution in [-0.4, -0.2) is 19.9 Å². The summed E-state index contributed by atoms with van der Waals surface area (Å²) in [5, 5.41) is 5.45. The number of ether oxygens (including phenoxy) is 2. The minimum Gasteiger partial charge on any atom is -0.493 e. The van der Waals surface area contributed by atoms with Gasteiger partial charge in [-0.15, -0.1) is 0 Å². The van der Waals surface area contributed by atoms with Crippen molar-refractivity contribution in [3.8, 4) is 11.5 Å². The first kappa shape index (κ1) is 19.1. The smallest absolute Gasteiger partial charge is 0.174 e. The Labute approximate surface area is 165 Å². The predicted octanol–water partition coefficient (Wildman–Crippen LogP) is 5.13. The zero-order valence-electron chi connectivity index (χ0n) is 13.3. The van der Waals surface area contributed by atoms with Crippen molar-refractivity contribution in [2.45, 2.75) is 13.5 Å². The highest BCUT2D eigenvalue weighted by Gasteiger charge is 2.10. The maximum atomic E-state index is 6.13. The lowest BCUT2D eigenvalue weighted by Crippen LogP contribution is -2.07. The van der Waals surface area contributed by atoms with Crippen molar-refractivity contribution in [1.82, 2.24) is 5.43 Å². The van der Waals surface area contributed by atoms with Crippen LogP contribution in [-0.2, 0) is 6.54 Å². The van der Waals surface area contributed by atoms with E-state index >= 15 is 0 Å². The van der Waals surface area contributed by atoms with Crippen molar-refractivity contribution >= 4 is 52.0 Å². The Hall–Kier alpha value is -1.18. The van der Waals surface area contributed by atoms with Crippen LogP contribution in [0.25, 0.3) is 0 Å². The first-order valence-corrected chi connectivity index (χ1v) is 9.09. The molecule has 0 spiro atoms. The minimum atomic E-state index is 0.445. The average Bonchev–Trinajstić information content (AvgIpc) is 2.56. The van der Waals surface area contributed by atoms with Crippen LogP contribution in [0.2, 0.25) is 10.0 Å². The molecule has 0 amide bonds. The summed E-state index contributed by atoms with van der Waals surface area (Å²) in [7, 11) is 1.62. The number of benzene rings is 2. The maximum Gasteiger partial charge on any atom is 0.174 e. The molecule has 128 valence electrons. The number of halogens is 3. The summed E-state index contributed by atoms with van der Waals surface area (Å²) in [4.78, 5) is 0. The summed E-state index contributed by atoms with van der Waals surface area (Å²) < 4.78 is 11.9. The Morgan fingerprint density at radius 1 is 1.25 bits per heavy atom. The Morgan fingerprint density at radius 2 is 1.96 bits per heavy atom. The lowest BCUT2D eigenvalue weighted by atomic mass is 10.2. The second kappa shape index (κ2) is 9.34. The first-order chi connectivity index (χ1) is 11.6. The van der Waals surface area contributed by atoms with E-state index in [9.17, 15) is 0 Å². The summed E-state index contributed by atoms with van der Waals surface area (Å²) >= 11 is 14.5. The molecule has 0 heterocycles. The molecule has 0 atom stereocenters. The molecule has 0 fully saturated rings. The van der Waals surface area contributed by atoms with Gasteiger partial charge in [-0.3, -0.25) is 0 Å². The second-order valence-corrected chi connectivity index (χ2v) is 6.74. The van der Waals surface area contributed by atoms with Gasteiger partial charge in [0.05, 0.1) is 30.0 Å². The van der Waals surface area contributed by atoms with E-state index in [0.29, 0.717) is 28.9 Å². The molecule has 2 aromatic rings. The molecule has 7 heteroatoms. The number of hydrazone groups is 1. The highest BCUT2D eigenvalue weighted by molar-refractivity contribution is 14.1. The SMILES string of the molecule is CCOc1c(I)cc(/C=N\NCc2c(Cl)cccc2Cl)cc1OC. The standard InChI is InChI=1S/C17H17Cl2IN2O2/c1-3-24-17-15(20)7-11(8-16(17)23-2)9-21-22-10-12-13(18)5-4-6-14(12)19/h4-9,22H,3,10H2,1-2H3/b21-9-. The second-order valence-electron chi connectivity index (χ2n) is 4.76. The summed E-state index contributed by atoms with van der Waals surface area (Å²) in [6.07, 6.45) is 1.71. The van der Waals surface area contributed by atoms with E-state index in [1.54, 1.807) is 25.5 Å². The van der Waals surface area contributed by atoms with Gasteiger partial charge in [-0.2, -0.15) is 5.10 Å². The number of hydrogen-bond acceptors (Lipinski definition) is 4. The summed E-state index contributed by atoms with van der Waals surface area (Å²) in [6, 6.07) is 9.26. The number of hydrogen-bond donors (Lipinski definition) is 1. The maximum absolute atomic E-state index is 6.13. The monoisotopic (exact) mass is 478 g/mol. The highest BCUT2D eigenvalue weighted by Crippen LogP contribution is 2.33. The third-order valence-corrected chi connectivity index (χ3v) is 4.67. The number of methoxy groups -OCH3 is 1. The largest absolute Gasteiger partial charge is 0.493 e. The molecule has 0 aromatic heterocycles. The molecule has 2 rings (SSSR count). The molecule has 0 aliphatic rings. The van der Waals surface area contributed by atoms with Crippen LogP contribution in [0.3, 0.4) is 0 Å². The van der Waals surface area contributed by atoms with Gasteiger partial charge in [0.15, 0.2) is 11.5 Å². The van der Waals surface area contributed by atoms with Gasteiger partial charge in [-0.25, -0.2) is 0 Å². The van der Waals surface area contributed by atoms with Gasteiger partial charge >= 0.3 is 0 Å². The van der Waals surface area contributed by atoms with E-state index in [0.717, 1.165) is 20.4 Å². The third kappa shape index (κ3) is 4.91. The van der Waals surface area contributed by atoms with Crippen LogP contribution in [0, 0.1) is 3.57 Å². The number of nitrogens with zero attached hydrogens (tertiary/aromatic N) is 1. The molecule has 1 N–H and O–H groups in total. The Morgan fingerprint density at radius 3 is 2.58 bits per heavy atom. The lowest BCUT2D eigenvalue weighted by molar-refractivity contribution is 0.308. The Bertz CT molecular complexity index is 719.